The molecular formula is C12H11N3OS. The van der Waals surface area contributed by atoms with Crippen molar-refractivity contribution < 1.29 is 0 Å². The van der Waals surface area contributed by atoms with Crippen molar-refractivity contribution in [3.05, 3.63) is 51.1 Å². The van der Waals surface area contributed by atoms with Crippen LogP contribution >= 0.6 is 11.3 Å². The summed E-state index contributed by atoms with van der Waals surface area (Å²) in [6.07, 6.45) is 0. The number of thiophene rings is 1. The van der Waals surface area contributed by atoms with Gasteiger partial charge in [0.25, 0.3) is 0 Å². The number of hydrogen-bond acceptors (Lipinski definition) is 3. The van der Waals surface area contributed by atoms with E-state index in [9.17, 15) is 4.79 Å². The van der Waals surface area contributed by atoms with Crippen LogP contribution in [0.3, 0.4) is 0 Å². The van der Waals surface area contributed by atoms with Crippen molar-refractivity contribution in [3.63, 3.8) is 0 Å². The molecule has 0 fully saturated rings. The van der Waals surface area contributed by atoms with E-state index in [2.05, 4.69) is 26.7 Å². The molecule has 0 amide bonds. The van der Waals surface area contributed by atoms with Gasteiger partial charge >= 0.3 is 5.69 Å². The number of fused-ring (bicyclic) bond motifs is 1. The normalized spacial score (nSPS) is 10.8. The van der Waals surface area contributed by atoms with Gasteiger partial charge in [-0.1, -0.05) is 6.07 Å². The third-order valence-electron chi connectivity index (χ3n) is 2.56. The first-order chi connectivity index (χ1) is 8.31. The molecule has 0 aliphatic rings. The Morgan fingerprint density at radius 2 is 2.06 bits per heavy atom. The Labute approximate surface area is 101 Å². The summed E-state index contributed by atoms with van der Waals surface area (Å²) in [6, 6.07) is 9.91. The molecule has 3 aromatic rings. The van der Waals surface area contributed by atoms with Crippen LogP contribution in [0.5, 0.6) is 0 Å². The van der Waals surface area contributed by atoms with E-state index in [-0.39, 0.29) is 5.69 Å². The molecule has 0 saturated carbocycles. The van der Waals surface area contributed by atoms with Gasteiger partial charge in [0.15, 0.2) is 0 Å². The minimum absolute atomic E-state index is 0.171. The zero-order chi connectivity index (χ0) is 11.7. The molecule has 0 bridgehead atoms. The van der Waals surface area contributed by atoms with E-state index >= 15 is 0 Å². The van der Waals surface area contributed by atoms with E-state index < -0.39 is 0 Å². The highest BCUT2D eigenvalue weighted by Crippen LogP contribution is 2.16. The molecule has 0 aliphatic heterocycles. The average Bonchev–Trinajstić information content (AvgIpc) is 2.92. The molecule has 17 heavy (non-hydrogen) atoms. The number of aromatic amines is 2. The maximum atomic E-state index is 11.1. The van der Waals surface area contributed by atoms with Gasteiger partial charge in [0, 0.05) is 17.1 Å². The van der Waals surface area contributed by atoms with Crippen LogP contribution in [0.4, 0.5) is 5.69 Å². The second-order valence-corrected chi connectivity index (χ2v) is 4.80. The number of hydrogen-bond donors (Lipinski definition) is 3. The lowest BCUT2D eigenvalue weighted by atomic mass is 10.2. The second kappa shape index (κ2) is 4.10. The summed E-state index contributed by atoms with van der Waals surface area (Å²) in [5.41, 5.74) is 2.49. The summed E-state index contributed by atoms with van der Waals surface area (Å²) < 4.78 is 0. The van der Waals surface area contributed by atoms with Gasteiger partial charge in [0.05, 0.1) is 11.0 Å². The average molecular weight is 245 g/mol. The summed E-state index contributed by atoms with van der Waals surface area (Å²) in [5, 5.41) is 5.38. The fraction of sp³-hybridized carbons (Fsp3) is 0.0833. The van der Waals surface area contributed by atoms with Gasteiger partial charge in [-0.2, -0.15) is 0 Å². The number of benzene rings is 1. The van der Waals surface area contributed by atoms with Crippen LogP contribution in [0.2, 0.25) is 0 Å². The topological polar surface area (TPSA) is 60.7 Å². The van der Waals surface area contributed by atoms with Crippen LogP contribution in [-0.4, -0.2) is 9.97 Å². The lowest BCUT2D eigenvalue weighted by molar-refractivity contribution is 1.19. The molecule has 0 atom stereocenters. The summed E-state index contributed by atoms with van der Waals surface area (Å²) in [6.45, 7) is 0.803. The highest BCUT2D eigenvalue weighted by Gasteiger charge is 2.00. The molecule has 5 heteroatoms. The second-order valence-electron chi connectivity index (χ2n) is 3.77. The van der Waals surface area contributed by atoms with Crippen LogP contribution in [0, 0.1) is 0 Å². The standard InChI is InChI=1S/C12H11N3OS/c16-12-14-10-4-3-8(6-11(10)15-12)13-7-9-2-1-5-17-9/h1-6,13H,7H2,(H2,14,15,16). The largest absolute Gasteiger partial charge is 0.380 e. The van der Waals surface area contributed by atoms with Crippen molar-refractivity contribution in [2.24, 2.45) is 0 Å². The first-order valence-corrected chi connectivity index (χ1v) is 6.17. The van der Waals surface area contributed by atoms with E-state index in [1.54, 1.807) is 11.3 Å². The lowest BCUT2D eigenvalue weighted by Gasteiger charge is -2.04. The Balaban J connectivity index is 1.83. The summed E-state index contributed by atoms with van der Waals surface area (Å²) in [4.78, 5) is 17.9. The van der Waals surface area contributed by atoms with Crippen LogP contribution in [0.15, 0.2) is 40.5 Å². The van der Waals surface area contributed by atoms with Gasteiger partial charge in [0.1, 0.15) is 0 Å². The van der Waals surface area contributed by atoms with Crippen molar-refractivity contribution >= 4 is 28.1 Å². The predicted octanol–water partition coefficient (Wildman–Crippen LogP) is 2.53. The molecule has 4 nitrogen and oxygen atoms in total. The fourth-order valence-corrected chi connectivity index (χ4v) is 2.39. The quantitative estimate of drug-likeness (QED) is 0.664. The van der Waals surface area contributed by atoms with Gasteiger partial charge in [-0.05, 0) is 29.6 Å². The van der Waals surface area contributed by atoms with E-state index in [1.807, 2.05) is 24.3 Å². The fourth-order valence-electron chi connectivity index (χ4n) is 1.74. The smallest absolute Gasteiger partial charge is 0.323 e. The monoisotopic (exact) mass is 245 g/mol. The zero-order valence-electron chi connectivity index (χ0n) is 8.99. The van der Waals surface area contributed by atoms with Gasteiger partial charge in [0.2, 0.25) is 0 Å². The van der Waals surface area contributed by atoms with Crippen molar-refractivity contribution in [1.29, 1.82) is 0 Å². The highest BCUT2D eigenvalue weighted by atomic mass is 32.1. The Morgan fingerprint density at radius 3 is 2.88 bits per heavy atom. The minimum Gasteiger partial charge on any atom is -0.380 e. The zero-order valence-corrected chi connectivity index (χ0v) is 9.80. The maximum absolute atomic E-state index is 11.1. The van der Waals surface area contributed by atoms with E-state index in [4.69, 9.17) is 0 Å². The van der Waals surface area contributed by atoms with Crippen molar-refractivity contribution in [1.82, 2.24) is 9.97 Å². The van der Waals surface area contributed by atoms with Gasteiger partial charge in [-0.3, -0.25) is 0 Å². The molecule has 0 spiro atoms. The van der Waals surface area contributed by atoms with Crippen LogP contribution in [0.25, 0.3) is 11.0 Å². The molecule has 2 aromatic heterocycles. The summed E-state index contributed by atoms with van der Waals surface area (Å²) in [5.74, 6) is 0. The summed E-state index contributed by atoms with van der Waals surface area (Å²) in [7, 11) is 0. The molecule has 0 saturated heterocycles. The number of imidazole rings is 1. The SMILES string of the molecule is O=c1[nH]c2ccc(NCc3cccs3)cc2[nH]1. The van der Waals surface area contributed by atoms with Gasteiger partial charge in [-0.25, -0.2) is 4.79 Å². The molecule has 0 radical (unpaired) electrons. The Bertz CT molecular complexity index is 681. The first kappa shape index (κ1) is 10.2. The number of anilines is 1. The molecule has 2 heterocycles. The Kier molecular flexibility index (Phi) is 2.45. The molecule has 0 aliphatic carbocycles. The highest BCUT2D eigenvalue weighted by molar-refractivity contribution is 7.09. The van der Waals surface area contributed by atoms with E-state index in [0.717, 1.165) is 23.3 Å². The molecule has 1 aromatic carbocycles. The van der Waals surface area contributed by atoms with Crippen molar-refractivity contribution in [3.8, 4) is 0 Å². The molecule has 86 valence electrons. The van der Waals surface area contributed by atoms with Crippen LogP contribution in [0.1, 0.15) is 4.88 Å². The van der Waals surface area contributed by atoms with Crippen LogP contribution in [-0.2, 0) is 6.54 Å². The minimum atomic E-state index is -0.171. The third-order valence-corrected chi connectivity index (χ3v) is 3.44. The van der Waals surface area contributed by atoms with Gasteiger partial charge in [-0.15, -0.1) is 11.3 Å². The lowest BCUT2D eigenvalue weighted by Crippen LogP contribution is -1.99. The van der Waals surface area contributed by atoms with Crippen molar-refractivity contribution in [2.45, 2.75) is 6.54 Å². The molecule has 3 N–H and O–H groups in total. The number of H-pyrrole nitrogens is 2. The number of nitrogens with one attached hydrogen (secondary N) is 3. The first-order valence-electron chi connectivity index (χ1n) is 5.29. The van der Waals surface area contributed by atoms with E-state index in [1.165, 1.54) is 4.88 Å². The Hall–Kier alpha value is -2.01. The number of aromatic nitrogens is 2. The maximum Gasteiger partial charge on any atom is 0.323 e. The Morgan fingerprint density at radius 1 is 1.18 bits per heavy atom. The summed E-state index contributed by atoms with van der Waals surface area (Å²) >= 11 is 1.72. The molecule has 3 rings (SSSR count). The number of rotatable bonds is 3. The molecule has 0 unspecified atom stereocenters. The molecular weight excluding hydrogens is 234 g/mol. The third kappa shape index (κ3) is 2.09. The van der Waals surface area contributed by atoms with Gasteiger partial charge < -0.3 is 15.3 Å². The van der Waals surface area contributed by atoms with Crippen LogP contribution < -0.4 is 11.0 Å². The van der Waals surface area contributed by atoms with Crippen molar-refractivity contribution in [2.75, 3.05) is 5.32 Å². The van der Waals surface area contributed by atoms with E-state index in [0.29, 0.717) is 0 Å². The predicted molar refractivity (Wildman–Crippen MR) is 70.6 cm³/mol.